The molecule has 4 nitrogen and oxygen atoms in total. The number of anilines is 1. The van der Waals surface area contributed by atoms with Gasteiger partial charge in [-0.15, -0.1) is 0 Å². The predicted octanol–water partition coefficient (Wildman–Crippen LogP) is 2.38. The fraction of sp³-hybridized carbons (Fsp3) is 0.533. The van der Waals surface area contributed by atoms with Crippen LogP contribution in [0.25, 0.3) is 0 Å². The second-order valence-electron chi connectivity index (χ2n) is 5.67. The van der Waals surface area contributed by atoms with Crippen molar-refractivity contribution >= 4 is 11.7 Å². The van der Waals surface area contributed by atoms with Gasteiger partial charge in [-0.3, -0.25) is 0 Å². The molecule has 6 heteroatoms. The molecule has 2 saturated heterocycles. The van der Waals surface area contributed by atoms with E-state index in [0.29, 0.717) is 12.6 Å². The highest BCUT2D eigenvalue weighted by atomic mass is 19.2. The molecule has 0 aromatic heterocycles. The molecule has 1 aromatic carbocycles. The lowest BCUT2D eigenvalue weighted by atomic mass is 10.0. The van der Waals surface area contributed by atoms with Crippen LogP contribution in [0.15, 0.2) is 12.1 Å². The van der Waals surface area contributed by atoms with E-state index in [0.717, 1.165) is 38.3 Å². The van der Waals surface area contributed by atoms with Gasteiger partial charge < -0.3 is 15.3 Å². The third-order valence-electron chi connectivity index (χ3n) is 4.46. The maximum atomic E-state index is 14.2. The quantitative estimate of drug-likeness (QED) is 0.899. The first-order valence-electron chi connectivity index (χ1n) is 7.31. The zero-order chi connectivity index (χ0) is 15.0. The molecule has 114 valence electrons. The van der Waals surface area contributed by atoms with Crippen molar-refractivity contribution in [2.24, 2.45) is 0 Å². The first kappa shape index (κ1) is 14.3. The van der Waals surface area contributed by atoms with Gasteiger partial charge in [-0.2, -0.15) is 0 Å². The molecule has 2 fully saturated rings. The van der Waals surface area contributed by atoms with E-state index in [1.807, 2.05) is 4.90 Å². The fourth-order valence-electron chi connectivity index (χ4n) is 3.48. The van der Waals surface area contributed by atoms with Crippen molar-refractivity contribution in [1.29, 1.82) is 0 Å². The van der Waals surface area contributed by atoms with E-state index in [9.17, 15) is 13.6 Å². The summed E-state index contributed by atoms with van der Waals surface area (Å²) < 4.78 is 28.1. The first-order chi connectivity index (χ1) is 10.1. The van der Waals surface area contributed by atoms with Gasteiger partial charge in [-0.25, -0.2) is 13.6 Å². The summed E-state index contributed by atoms with van der Waals surface area (Å²) in [5, 5.41) is 12.3. The molecule has 0 radical (unpaired) electrons. The number of nitrogens with one attached hydrogen (secondary N) is 1. The number of hydrogen-bond donors (Lipinski definition) is 2. The number of hydrogen-bond acceptors (Lipinski definition) is 3. The van der Waals surface area contributed by atoms with E-state index in [1.165, 1.54) is 6.07 Å². The maximum Gasteiger partial charge on any atom is 0.338 e. The van der Waals surface area contributed by atoms with Crippen LogP contribution in [0, 0.1) is 11.6 Å². The summed E-state index contributed by atoms with van der Waals surface area (Å²) in [7, 11) is 0. The first-order valence-corrected chi connectivity index (χ1v) is 7.31. The lowest BCUT2D eigenvalue weighted by molar-refractivity contribution is 0.0690. The molecule has 2 heterocycles. The molecular formula is C15H18F2N2O2. The monoisotopic (exact) mass is 296 g/mol. The van der Waals surface area contributed by atoms with Gasteiger partial charge in [0, 0.05) is 18.6 Å². The van der Waals surface area contributed by atoms with E-state index in [2.05, 4.69) is 5.32 Å². The number of aromatic carboxylic acids is 1. The topological polar surface area (TPSA) is 52.6 Å². The molecule has 0 amide bonds. The number of carboxylic acids is 1. The zero-order valence-corrected chi connectivity index (χ0v) is 11.6. The molecule has 0 bridgehead atoms. The van der Waals surface area contributed by atoms with Crippen LogP contribution in [0.1, 0.15) is 36.0 Å². The molecule has 2 unspecified atom stereocenters. The average Bonchev–Trinajstić information content (AvgIpc) is 3.10. The lowest BCUT2D eigenvalue weighted by Crippen LogP contribution is -2.44. The highest BCUT2D eigenvalue weighted by molar-refractivity contribution is 5.88. The van der Waals surface area contributed by atoms with Crippen molar-refractivity contribution in [2.75, 3.05) is 18.0 Å². The maximum absolute atomic E-state index is 14.2. The molecule has 0 aliphatic carbocycles. The largest absolute Gasteiger partial charge is 0.478 e. The smallest absolute Gasteiger partial charge is 0.338 e. The van der Waals surface area contributed by atoms with Crippen LogP contribution in [0.3, 0.4) is 0 Å². The van der Waals surface area contributed by atoms with Crippen molar-refractivity contribution in [1.82, 2.24) is 5.32 Å². The van der Waals surface area contributed by atoms with Gasteiger partial charge in [0.05, 0.1) is 11.3 Å². The highest BCUT2D eigenvalue weighted by Gasteiger charge is 2.35. The van der Waals surface area contributed by atoms with Crippen molar-refractivity contribution in [3.63, 3.8) is 0 Å². The van der Waals surface area contributed by atoms with Crippen LogP contribution in [0.5, 0.6) is 0 Å². The van der Waals surface area contributed by atoms with Gasteiger partial charge in [0.1, 0.15) is 0 Å². The number of carbonyl (C=O) groups is 1. The van der Waals surface area contributed by atoms with Crippen LogP contribution in [-0.2, 0) is 0 Å². The standard InChI is InChI=1S/C15H18F2N2O2/c16-13-9(15(20)21)5-6-12(14(13)17)19-8-2-4-11(19)10-3-1-7-18-10/h5-6,10-11,18H,1-4,7-8H2,(H,20,21). The average molecular weight is 296 g/mol. The summed E-state index contributed by atoms with van der Waals surface area (Å²) in [4.78, 5) is 12.7. The van der Waals surface area contributed by atoms with Crippen LogP contribution >= 0.6 is 0 Å². The Bertz CT molecular complexity index is 559. The molecule has 0 saturated carbocycles. The molecule has 2 atom stereocenters. The Labute approximate surface area is 121 Å². The van der Waals surface area contributed by atoms with Gasteiger partial charge in [-0.1, -0.05) is 0 Å². The third-order valence-corrected chi connectivity index (χ3v) is 4.46. The zero-order valence-electron chi connectivity index (χ0n) is 11.6. The van der Waals surface area contributed by atoms with Crippen LogP contribution in [0.4, 0.5) is 14.5 Å². The van der Waals surface area contributed by atoms with Gasteiger partial charge in [0.15, 0.2) is 11.6 Å². The van der Waals surface area contributed by atoms with Crippen LogP contribution in [-0.4, -0.2) is 36.2 Å². The number of nitrogens with zero attached hydrogens (tertiary/aromatic N) is 1. The highest BCUT2D eigenvalue weighted by Crippen LogP contribution is 2.33. The minimum Gasteiger partial charge on any atom is -0.478 e. The Morgan fingerprint density at radius 2 is 2.05 bits per heavy atom. The molecule has 21 heavy (non-hydrogen) atoms. The third kappa shape index (κ3) is 2.48. The summed E-state index contributed by atoms with van der Waals surface area (Å²) in [6.45, 7) is 1.63. The molecular weight excluding hydrogens is 278 g/mol. The Balaban J connectivity index is 1.92. The van der Waals surface area contributed by atoms with Crippen molar-refractivity contribution < 1.29 is 18.7 Å². The predicted molar refractivity (Wildman–Crippen MR) is 74.7 cm³/mol. The number of benzene rings is 1. The number of carboxylic acid groups (broad SMARTS) is 1. The summed E-state index contributed by atoms with van der Waals surface area (Å²) >= 11 is 0. The number of halogens is 2. The summed E-state index contributed by atoms with van der Waals surface area (Å²) in [5.41, 5.74) is -0.445. The second kappa shape index (κ2) is 5.60. The molecule has 2 aliphatic rings. The minimum absolute atomic E-state index is 0.150. The van der Waals surface area contributed by atoms with Gasteiger partial charge in [0.25, 0.3) is 0 Å². The summed E-state index contributed by atoms with van der Waals surface area (Å²) in [6.07, 6.45) is 4.02. The second-order valence-corrected chi connectivity index (χ2v) is 5.67. The molecule has 2 N–H and O–H groups in total. The van der Waals surface area contributed by atoms with Crippen molar-refractivity contribution in [3.8, 4) is 0 Å². The van der Waals surface area contributed by atoms with Crippen molar-refractivity contribution in [3.05, 3.63) is 29.3 Å². The Morgan fingerprint density at radius 1 is 1.24 bits per heavy atom. The molecule has 3 rings (SSSR count). The van der Waals surface area contributed by atoms with E-state index >= 15 is 0 Å². The van der Waals surface area contributed by atoms with Crippen LogP contribution < -0.4 is 10.2 Å². The molecule has 2 aliphatic heterocycles. The molecule has 0 spiro atoms. The number of rotatable bonds is 3. The summed E-state index contributed by atoms with van der Waals surface area (Å²) in [6, 6.07) is 2.98. The SMILES string of the molecule is O=C(O)c1ccc(N2CCCC2C2CCCN2)c(F)c1F. The molecule has 1 aromatic rings. The Morgan fingerprint density at radius 3 is 2.71 bits per heavy atom. The summed E-state index contributed by atoms with van der Waals surface area (Å²) in [5.74, 6) is -3.78. The Hall–Kier alpha value is -1.69. The van der Waals surface area contributed by atoms with E-state index in [-0.39, 0.29) is 11.7 Å². The van der Waals surface area contributed by atoms with E-state index in [4.69, 9.17) is 5.11 Å². The minimum atomic E-state index is -1.45. The van der Waals surface area contributed by atoms with Gasteiger partial charge in [0.2, 0.25) is 0 Å². The van der Waals surface area contributed by atoms with Gasteiger partial charge in [-0.05, 0) is 44.4 Å². The van der Waals surface area contributed by atoms with E-state index < -0.39 is 23.2 Å². The van der Waals surface area contributed by atoms with Gasteiger partial charge >= 0.3 is 5.97 Å². The normalized spacial score (nSPS) is 25.5. The van der Waals surface area contributed by atoms with Crippen LogP contribution in [0.2, 0.25) is 0 Å². The fourth-order valence-corrected chi connectivity index (χ4v) is 3.48. The Kier molecular flexibility index (Phi) is 3.80. The van der Waals surface area contributed by atoms with E-state index in [1.54, 1.807) is 0 Å². The lowest BCUT2D eigenvalue weighted by Gasteiger charge is -2.31. The van der Waals surface area contributed by atoms with Crippen molar-refractivity contribution in [2.45, 2.75) is 37.8 Å².